The van der Waals surface area contributed by atoms with Gasteiger partial charge in [0.2, 0.25) is 0 Å². The Labute approximate surface area is 135 Å². The molecule has 3 atom stereocenters. The second-order valence-electron chi connectivity index (χ2n) is 7.33. The van der Waals surface area contributed by atoms with Crippen LogP contribution in [-0.4, -0.2) is 42.4 Å². The molecule has 0 amide bonds. The van der Waals surface area contributed by atoms with E-state index in [0.717, 1.165) is 36.2 Å². The number of aryl methyl sites for hydroxylation is 2. The van der Waals surface area contributed by atoms with Gasteiger partial charge in [-0.15, -0.1) is 0 Å². The van der Waals surface area contributed by atoms with Crippen LogP contribution in [0.15, 0.2) is 12.1 Å². The van der Waals surface area contributed by atoms with E-state index >= 15 is 0 Å². The first kappa shape index (κ1) is 17.3. The topological polar surface area (TPSA) is 32.7 Å². The molecule has 0 bridgehead atoms. The van der Waals surface area contributed by atoms with Crippen LogP contribution in [0.2, 0.25) is 0 Å². The zero-order chi connectivity index (χ0) is 16.3. The van der Waals surface area contributed by atoms with Gasteiger partial charge in [0.25, 0.3) is 0 Å². The molecule has 3 unspecified atom stereocenters. The van der Waals surface area contributed by atoms with Gasteiger partial charge in [0, 0.05) is 19.6 Å². The van der Waals surface area contributed by atoms with Crippen LogP contribution in [0.4, 0.5) is 0 Å². The maximum atomic E-state index is 10.3. The highest BCUT2D eigenvalue weighted by molar-refractivity contribution is 5.41. The van der Waals surface area contributed by atoms with Crippen LogP contribution in [0.25, 0.3) is 0 Å². The Morgan fingerprint density at radius 2 is 1.82 bits per heavy atom. The third kappa shape index (κ3) is 4.72. The third-order valence-corrected chi connectivity index (χ3v) is 4.61. The molecular formula is C19H31NO2. The molecule has 3 heteroatoms. The highest BCUT2D eigenvalue weighted by Crippen LogP contribution is 2.24. The van der Waals surface area contributed by atoms with Crippen molar-refractivity contribution in [2.75, 3.05) is 26.2 Å². The Kier molecular flexibility index (Phi) is 5.87. The van der Waals surface area contributed by atoms with Crippen LogP contribution in [0.1, 0.15) is 37.0 Å². The molecule has 0 saturated carbocycles. The highest BCUT2D eigenvalue weighted by Gasteiger charge is 2.23. The number of rotatable bonds is 5. The standard InChI is InChI=1S/C19H31NO2/c1-13-7-16(4)17(5)19(8-13)22-12-18(21)11-20-9-14(2)6-15(3)10-20/h7-8,14-15,18,21H,6,9-12H2,1-5H3. The number of likely N-dealkylation sites (tertiary alicyclic amines) is 1. The third-order valence-electron chi connectivity index (χ3n) is 4.61. The van der Waals surface area contributed by atoms with Crippen LogP contribution in [0.3, 0.4) is 0 Å². The van der Waals surface area contributed by atoms with Gasteiger partial charge in [-0.25, -0.2) is 0 Å². The summed E-state index contributed by atoms with van der Waals surface area (Å²) in [6.45, 7) is 14.1. The molecule has 1 fully saturated rings. The maximum absolute atomic E-state index is 10.3. The molecular weight excluding hydrogens is 274 g/mol. The number of nitrogens with zero attached hydrogens (tertiary/aromatic N) is 1. The van der Waals surface area contributed by atoms with Crippen molar-refractivity contribution in [2.24, 2.45) is 11.8 Å². The highest BCUT2D eigenvalue weighted by atomic mass is 16.5. The van der Waals surface area contributed by atoms with Crippen molar-refractivity contribution in [3.63, 3.8) is 0 Å². The number of ether oxygens (including phenoxy) is 1. The van der Waals surface area contributed by atoms with Gasteiger partial charge in [-0.2, -0.15) is 0 Å². The minimum Gasteiger partial charge on any atom is -0.491 e. The largest absolute Gasteiger partial charge is 0.491 e. The minimum absolute atomic E-state index is 0.364. The summed E-state index contributed by atoms with van der Waals surface area (Å²) in [5.74, 6) is 2.34. The molecule has 0 spiro atoms. The van der Waals surface area contributed by atoms with Gasteiger partial charge in [0.1, 0.15) is 18.5 Å². The summed E-state index contributed by atoms with van der Waals surface area (Å²) in [5.41, 5.74) is 3.60. The van der Waals surface area contributed by atoms with Gasteiger partial charge in [0.15, 0.2) is 0 Å². The number of benzene rings is 1. The van der Waals surface area contributed by atoms with Crippen molar-refractivity contribution < 1.29 is 9.84 Å². The van der Waals surface area contributed by atoms with Gasteiger partial charge in [-0.3, -0.25) is 0 Å². The molecule has 1 aliphatic rings. The smallest absolute Gasteiger partial charge is 0.122 e. The zero-order valence-electron chi connectivity index (χ0n) is 14.7. The molecule has 0 radical (unpaired) electrons. The van der Waals surface area contributed by atoms with Crippen molar-refractivity contribution in [1.82, 2.24) is 4.90 Å². The molecule has 2 rings (SSSR count). The zero-order valence-corrected chi connectivity index (χ0v) is 14.7. The van der Waals surface area contributed by atoms with Crippen molar-refractivity contribution >= 4 is 0 Å². The summed E-state index contributed by atoms with van der Waals surface area (Å²) in [7, 11) is 0. The van der Waals surface area contributed by atoms with E-state index in [1.807, 2.05) is 0 Å². The molecule has 3 nitrogen and oxygen atoms in total. The van der Waals surface area contributed by atoms with Gasteiger partial charge in [-0.1, -0.05) is 19.9 Å². The first-order chi connectivity index (χ1) is 10.3. The van der Waals surface area contributed by atoms with E-state index in [1.165, 1.54) is 17.5 Å². The lowest BCUT2D eigenvalue weighted by molar-refractivity contribution is 0.0427. The van der Waals surface area contributed by atoms with Crippen LogP contribution in [-0.2, 0) is 0 Å². The number of hydrogen-bond donors (Lipinski definition) is 1. The van der Waals surface area contributed by atoms with Crippen LogP contribution in [0, 0.1) is 32.6 Å². The number of piperidine rings is 1. The minimum atomic E-state index is -0.433. The van der Waals surface area contributed by atoms with Crippen LogP contribution < -0.4 is 4.74 Å². The Morgan fingerprint density at radius 3 is 2.45 bits per heavy atom. The lowest BCUT2D eigenvalue weighted by Crippen LogP contribution is -2.44. The number of hydrogen-bond acceptors (Lipinski definition) is 3. The van der Waals surface area contributed by atoms with E-state index in [2.05, 4.69) is 51.7 Å². The molecule has 1 aromatic rings. The fraction of sp³-hybridized carbons (Fsp3) is 0.684. The Hall–Kier alpha value is -1.06. The lowest BCUT2D eigenvalue weighted by atomic mass is 9.92. The SMILES string of the molecule is Cc1cc(C)c(C)c(OCC(O)CN2CC(C)CC(C)C2)c1. The summed E-state index contributed by atoms with van der Waals surface area (Å²) >= 11 is 0. The number of β-amino-alcohol motifs (C(OH)–C–C–N with tert-alkyl or cyclic N) is 1. The van der Waals surface area contributed by atoms with Crippen molar-refractivity contribution in [3.05, 3.63) is 28.8 Å². The normalized spacial score (nSPS) is 24.3. The molecule has 1 heterocycles. The summed E-state index contributed by atoms with van der Waals surface area (Å²) in [6.07, 6.45) is 0.864. The van der Waals surface area contributed by atoms with E-state index < -0.39 is 6.10 Å². The second kappa shape index (κ2) is 7.47. The molecule has 1 saturated heterocycles. The molecule has 1 N–H and O–H groups in total. The average molecular weight is 305 g/mol. The quantitative estimate of drug-likeness (QED) is 0.906. The van der Waals surface area contributed by atoms with Gasteiger partial charge in [0.05, 0.1) is 0 Å². The van der Waals surface area contributed by atoms with E-state index in [-0.39, 0.29) is 0 Å². The molecule has 1 aromatic carbocycles. The molecule has 124 valence electrons. The Bertz CT molecular complexity index is 490. The summed E-state index contributed by atoms with van der Waals surface area (Å²) in [6, 6.07) is 4.22. The van der Waals surface area contributed by atoms with Gasteiger partial charge < -0.3 is 14.7 Å². The van der Waals surface area contributed by atoms with E-state index in [4.69, 9.17) is 4.74 Å². The number of aliphatic hydroxyl groups is 1. The summed E-state index contributed by atoms with van der Waals surface area (Å²) in [4.78, 5) is 2.38. The first-order valence-electron chi connectivity index (χ1n) is 8.46. The average Bonchev–Trinajstić information content (AvgIpc) is 2.40. The number of aliphatic hydroxyl groups excluding tert-OH is 1. The van der Waals surface area contributed by atoms with Gasteiger partial charge in [-0.05, 0) is 61.8 Å². The fourth-order valence-electron chi connectivity index (χ4n) is 3.63. The van der Waals surface area contributed by atoms with E-state index in [0.29, 0.717) is 13.2 Å². The monoisotopic (exact) mass is 305 g/mol. The summed E-state index contributed by atoms with van der Waals surface area (Å²) < 4.78 is 5.88. The molecule has 1 aliphatic heterocycles. The Morgan fingerprint density at radius 1 is 1.18 bits per heavy atom. The fourth-order valence-corrected chi connectivity index (χ4v) is 3.63. The van der Waals surface area contributed by atoms with Crippen LogP contribution >= 0.6 is 0 Å². The lowest BCUT2D eigenvalue weighted by Gasteiger charge is -2.36. The van der Waals surface area contributed by atoms with Crippen molar-refractivity contribution in [3.8, 4) is 5.75 Å². The van der Waals surface area contributed by atoms with Crippen molar-refractivity contribution in [2.45, 2.75) is 47.1 Å². The van der Waals surface area contributed by atoms with Gasteiger partial charge >= 0.3 is 0 Å². The van der Waals surface area contributed by atoms with Crippen LogP contribution in [0.5, 0.6) is 5.75 Å². The molecule has 22 heavy (non-hydrogen) atoms. The molecule has 0 aromatic heterocycles. The first-order valence-corrected chi connectivity index (χ1v) is 8.46. The Balaban J connectivity index is 1.86. The molecule has 0 aliphatic carbocycles. The van der Waals surface area contributed by atoms with E-state index in [1.54, 1.807) is 0 Å². The maximum Gasteiger partial charge on any atom is 0.122 e. The second-order valence-corrected chi connectivity index (χ2v) is 7.33. The summed E-state index contributed by atoms with van der Waals surface area (Å²) in [5, 5.41) is 10.3. The van der Waals surface area contributed by atoms with E-state index in [9.17, 15) is 5.11 Å². The predicted octanol–water partition coefficient (Wildman–Crippen LogP) is 3.33. The predicted molar refractivity (Wildman–Crippen MR) is 91.5 cm³/mol. The van der Waals surface area contributed by atoms with Crippen molar-refractivity contribution in [1.29, 1.82) is 0 Å².